The van der Waals surface area contributed by atoms with Crippen molar-refractivity contribution in [2.45, 2.75) is 44.5 Å². The van der Waals surface area contributed by atoms with Crippen LogP contribution in [0.15, 0.2) is 78.9 Å². The Morgan fingerprint density at radius 3 is 2.03 bits per heavy atom. The van der Waals surface area contributed by atoms with Crippen molar-refractivity contribution in [3.05, 3.63) is 96.1 Å². The van der Waals surface area contributed by atoms with Crippen LogP contribution in [0.5, 0.6) is 0 Å². The van der Waals surface area contributed by atoms with Gasteiger partial charge in [0.15, 0.2) is 0 Å². The normalized spacial score (nSPS) is 20.6. The summed E-state index contributed by atoms with van der Waals surface area (Å²) in [5.74, 6) is -0.430. The van der Waals surface area contributed by atoms with Crippen LogP contribution in [-0.4, -0.2) is 54.3 Å². The molecule has 2 aliphatic heterocycles. The third-order valence-electron chi connectivity index (χ3n) is 6.95. The summed E-state index contributed by atoms with van der Waals surface area (Å²) in [6.45, 7) is 4.71. The molecule has 2 fully saturated rings. The number of ether oxygens (including phenoxy) is 1. The van der Waals surface area contributed by atoms with Crippen LogP contribution in [0.3, 0.4) is 0 Å². The van der Waals surface area contributed by atoms with Crippen LogP contribution in [0, 0.1) is 11.6 Å². The van der Waals surface area contributed by atoms with Gasteiger partial charge in [0.25, 0.3) is 0 Å². The van der Waals surface area contributed by atoms with E-state index in [9.17, 15) is 18.0 Å². The van der Waals surface area contributed by atoms with Gasteiger partial charge in [-0.15, -0.1) is 0 Å². The first kappa shape index (κ1) is 26.7. The molecule has 3 aromatic rings. The lowest BCUT2D eigenvalue weighted by molar-refractivity contribution is 0.00677. The molecular weight excluding hydrogens is 477 g/mol. The molecule has 3 atom stereocenters. The van der Waals surface area contributed by atoms with Crippen LogP contribution < -0.4 is 0 Å². The lowest BCUT2D eigenvalue weighted by atomic mass is 10.00. The SMILES string of the molecule is CC(c1ccc(-c2ccc(F)cc2)cc1)N1CCC(CCN2CCC(F)C2)OC1=O.Fc1ccccc1. The van der Waals surface area contributed by atoms with E-state index in [1.54, 1.807) is 35.2 Å². The minimum Gasteiger partial charge on any atom is -0.446 e. The zero-order valence-electron chi connectivity index (χ0n) is 21.0. The number of likely N-dealkylation sites (tertiary alicyclic amines) is 1. The summed E-state index contributed by atoms with van der Waals surface area (Å²) in [6.07, 6.45) is 1.05. The predicted molar refractivity (Wildman–Crippen MR) is 139 cm³/mol. The highest BCUT2D eigenvalue weighted by atomic mass is 19.1. The predicted octanol–water partition coefficient (Wildman–Crippen LogP) is 7.02. The van der Waals surface area contributed by atoms with Crippen molar-refractivity contribution in [1.29, 1.82) is 0 Å². The summed E-state index contributed by atoms with van der Waals surface area (Å²) in [7, 11) is 0. The Kier molecular flexibility index (Phi) is 9.23. The van der Waals surface area contributed by atoms with E-state index >= 15 is 0 Å². The molecule has 0 N–H and O–H groups in total. The average molecular weight is 511 g/mol. The molecule has 0 bridgehead atoms. The van der Waals surface area contributed by atoms with E-state index in [4.69, 9.17) is 4.74 Å². The number of halogens is 3. The van der Waals surface area contributed by atoms with E-state index in [0.29, 0.717) is 19.5 Å². The second-order valence-electron chi connectivity index (χ2n) is 9.56. The number of hydrogen-bond acceptors (Lipinski definition) is 3. The van der Waals surface area contributed by atoms with Crippen LogP contribution in [-0.2, 0) is 4.74 Å². The van der Waals surface area contributed by atoms with Gasteiger partial charge in [0, 0.05) is 32.6 Å². The van der Waals surface area contributed by atoms with Crippen LogP contribution >= 0.6 is 0 Å². The van der Waals surface area contributed by atoms with Crippen molar-refractivity contribution in [3.63, 3.8) is 0 Å². The van der Waals surface area contributed by atoms with E-state index in [1.165, 1.54) is 24.3 Å². The van der Waals surface area contributed by atoms with Gasteiger partial charge in [0.1, 0.15) is 23.9 Å². The lowest BCUT2D eigenvalue weighted by Crippen LogP contribution is -2.44. The number of carbonyl (C=O) groups is 1. The second kappa shape index (κ2) is 12.8. The third-order valence-corrected chi connectivity index (χ3v) is 6.95. The molecule has 4 nitrogen and oxygen atoms in total. The first-order valence-electron chi connectivity index (χ1n) is 12.8. The summed E-state index contributed by atoms with van der Waals surface area (Å²) < 4.78 is 44.0. The van der Waals surface area contributed by atoms with Gasteiger partial charge in [-0.25, -0.2) is 18.0 Å². The Morgan fingerprint density at radius 1 is 0.865 bits per heavy atom. The van der Waals surface area contributed by atoms with E-state index in [2.05, 4.69) is 4.90 Å². The van der Waals surface area contributed by atoms with Crippen LogP contribution in [0.25, 0.3) is 11.1 Å². The molecule has 3 aromatic carbocycles. The topological polar surface area (TPSA) is 32.8 Å². The van der Waals surface area contributed by atoms with Gasteiger partial charge in [-0.3, -0.25) is 0 Å². The van der Waals surface area contributed by atoms with Crippen LogP contribution in [0.1, 0.15) is 37.8 Å². The maximum Gasteiger partial charge on any atom is 0.410 e. The molecule has 3 unspecified atom stereocenters. The minimum absolute atomic E-state index is 0.0911. The van der Waals surface area contributed by atoms with Crippen LogP contribution in [0.2, 0.25) is 0 Å². The monoisotopic (exact) mass is 510 g/mol. The summed E-state index contributed by atoms with van der Waals surface area (Å²) in [4.78, 5) is 16.5. The summed E-state index contributed by atoms with van der Waals surface area (Å²) >= 11 is 0. The van der Waals surface area contributed by atoms with Gasteiger partial charge in [0.2, 0.25) is 0 Å². The molecule has 2 saturated heterocycles. The number of alkyl halides is 1. The molecule has 0 spiro atoms. The Balaban J connectivity index is 0.000000396. The van der Waals surface area contributed by atoms with Gasteiger partial charge < -0.3 is 14.5 Å². The molecule has 7 heteroatoms. The minimum atomic E-state index is -0.718. The maximum atomic E-state index is 13.3. The highest BCUT2D eigenvalue weighted by molar-refractivity contribution is 5.69. The van der Waals surface area contributed by atoms with Crippen molar-refractivity contribution in [3.8, 4) is 11.1 Å². The maximum absolute atomic E-state index is 13.3. The largest absolute Gasteiger partial charge is 0.446 e. The fourth-order valence-corrected chi connectivity index (χ4v) is 4.70. The first-order valence-corrected chi connectivity index (χ1v) is 12.8. The lowest BCUT2D eigenvalue weighted by Gasteiger charge is -2.36. The molecular formula is C30H33F3N2O2. The summed E-state index contributed by atoms with van der Waals surface area (Å²) in [6, 6.07) is 22.2. The highest BCUT2D eigenvalue weighted by Crippen LogP contribution is 2.28. The van der Waals surface area contributed by atoms with Crippen molar-refractivity contribution in [2.24, 2.45) is 0 Å². The van der Waals surface area contributed by atoms with E-state index in [0.717, 1.165) is 42.6 Å². The van der Waals surface area contributed by atoms with Gasteiger partial charge >= 0.3 is 6.09 Å². The van der Waals surface area contributed by atoms with Gasteiger partial charge in [-0.05, 0) is 60.7 Å². The molecule has 0 radical (unpaired) electrons. The number of cyclic esters (lactones) is 1. The Bertz CT molecular complexity index is 1130. The number of benzene rings is 3. The van der Waals surface area contributed by atoms with Gasteiger partial charge in [-0.1, -0.05) is 54.6 Å². The van der Waals surface area contributed by atoms with Crippen molar-refractivity contribution >= 4 is 6.09 Å². The number of hydrogen-bond donors (Lipinski definition) is 0. The molecule has 0 saturated carbocycles. The van der Waals surface area contributed by atoms with E-state index in [1.807, 2.05) is 31.2 Å². The van der Waals surface area contributed by atoms with Gasteiger partial charge in [-0.2, -0.15) is 0 Å². The summed E-state index contributed by atoms with van der Waals surface area (Å²) in [5.41, 5.74) is 2.99. The van der Waals surface area contributed by atoms with Crippen LogP contribution in [0.4, 0.5) is 18.0 Å². The molecule has 2 heterocycles. The van der Waals surface area contributed by atoms with Crippen molar-refractivity contribution < 1.29 is 22.7 Å². The quantitative estimate of drug-likeness (QED) is 0.357. The third kappa shape index (κ3) is 7.59. The van der Waals surface area contributed by atoms with E-state index in [-0.39, 0.29) is 29.9 Å². The number of nitrogens with zero attached hydrogens (tertiary/aromatic N) is 2. The zero-order chi connectivity index (χ0) is 26.2. The molecule has 0 aliphatic carbocycles. The Morgan fingerprint density at radius 2 is 1.49 bits per heavy atom. The second-order valence-corrected chi connectivity index (χ2v) is 9.56. The van der Waals surface area contributed by atoms with Gasteiger partial charge in [0.05, 0.1) is 6.04 Å². The number of carbonyl (C=O) groups excluding carboxylic acids is 1. The number of rotatable bonds is 6. The van der Waals surface area contributed by atoms with E-state index < -0.39 is 6.17 Å². The molecule has 1 amide bonds. The average Bonchev–Trinajstić information content (AvgIpc) is 3.33. The highest BCUT2D eigenvalue weighted by Gasteiger charge is 2.31. The summed E-state index contributed by atoms with van der Waals surface area (Å²) in [5, 5.41) is 0. The molecule has 0 aromatic heterocycles. The molecule has 37 heavy (non-hydrogen) atoms. The number of amides is 1. The molecule has 196 valence electrons. The van der Waals surface area contributed by atoms with Crippen molar-refractivity contribution in [1.82, 2.24) is 9.80 Å². The smallest absolute Gasteiger partial charge is 0.410 e. The molecule has 2 aliphatic rings. The fraction of sp³-hybridized carbons (Fsp3) is 0.367. The molecule has 5 rings (SSSR count). The fourth-order valence-electron chi connectivity index (χ4n) is 4.70. The van der Waals surface area contributed by atoms with Crippen molar-refractivity contribution in [2.75, 3.05) is 26.2 Å². The Labute approximate surface area is 216 Å². The Hall–Kier alpha value is -3.32. The first-order chi connectivity index (χ1) is 17.9. The zero-order valence-corrected chi connectivity index (χ0v) is 21.0. The standard InChI is InChI=1S/C24H28F2N2O2.C6H5F/c1-17(18-2-4-19(5-3-18)20-6-8-21(25)9-7-20)28-15-12-23(30-24(28)29)11-14-27-13-10-22(26)16-27;7-6-4-2-1-3-5-6/h2-9,17,22-23H,10-16H2,1H3;1-5H.